The fourth-order valence-corrected chi connectivity index (χ4v) is 2.72. The fraction of sp³-hybridized carbons (Fsp3) is 0. The molecule has 1 aromatic rings. The van der Waals surface area contributed by atoms with Gasteiger partial charge in [-0.15, -0.1) is 0 Å². The van der Waals surface area contributed by atoms with Crippen molar-refractivity contribution in [1.29, 1.82) is 0 Å². The van der Waals surface area contributed by atoms with Crippen LogP contribution < -0.4 is 9.05 Å². The highest BCUT2D eigenvalue weighted by Crippen LogP contribution is 2.57. The smallest absolute Gasteiger partial charge is 0.368 e. The van der Waals surface area contributed by atoms with Gasteiger partial charge in [-0.1, -0.05) is 15.9 Å². The van der Waals surface area contributed by atoms with E-state index in [1.165, 1.54) is 0 Å². The summed E-state index contributed by atoms with van der Waals surface area (Å²) in [6, 6.07) is 5.69. The van der Waals surface area contributed by atoms with Gasteiger partial charge in [-0.05, 0) is 18.2 Å². The van der Waals surface area contributed by atoms with E-state index in [4.69, 9.17) is 9.05 Å². The van der Waals surface area contributed by atoms with Crippen molar-refractivity contribution in [3.05, 3.63) is 22.7 Å². The quantitative estimate of drug-likeness (QED) is 0.677. The molecule has 1 atom stereocenters. The van der Waals surface area contributed by atoms with Crippen molar-refractivity contribution in [3.8, 4) is 11.5 Å². The SMILES string of the molecule is Brc1ccc2c(c1)OP(Br)O2. The maximum atomic E-state index is 5.32. The molecule has 1 heterocycles. The van der Waals surface area contributed by atoms with Crippen LogP contribution in [0.1, 0.15) is 0 Å². The Morgan fingerprint density at radius 1 is 1.18 bits per heavy atom. The molecule has 0 aliphatic carbocycles. The number of benzene rings is 1. The minimum atomic E-state index is -0.913. The third-order valence-corrected chi connectivity index (χ3v) is 3.29. The second-order valence-corrected chi connectivity index (χ2v) is 5.43. The second-order valence-electron chi connectivity index (χ2n) is 1.99. The molecule has 0 saturated carbocycles. The van der Waals surface area contributed by atoms with Gasteiger partial charge in [0.2, 0.25) is 0 Å². The lowest BCUT2D eigenvalue weighted by molar-refractivity contribution is 0.598. The molecule has 0 radical (unpaired) electrons. The molecule has 58 valence electrons. The van der Waals surface area contributed by atoms with Crippen molar-refractivity contribution in [3.63, 3.8) is 0 Å². The number of hydrogen-bond acceptors (Lipinski definition) is 2. The van der Waals surface area contributed by atoms with Crippen molar-refractivity contribution < 1.29 is 9.05 Å². The number of rotatable bonds is 0. The van der Waals surface area contributed by atoms with Crippen LogP contribution in [0.3, 0.4) is 0 Å². The van der Waals surface area contributed by atoms with Crippen molar-refractivity contribution in [2.75, 3.05) is 0 Å². The lowest BCUT2D eigenvalue weighted by Crippen LogP contribution is -1.71. The first-order valence-corrected chi connectivity index (χ1v) is 6.86. The van der Waals surface area contributed by atoms with Crippen LogP contribution in [0.2, 0.25) is 0 Å². The molecule has 0 spiro atoms. The Bertz CT molecular complexity index is 292. The lowest BCUT2D eigenvalue weighted by atomic mass is 10.3. The minimum absolute atomic E-state index is 0.794. The summed E-state index contributed by atoms with van der Waals surface area (Å²) in [4.78, 5) is 0. The van der Waals surface area contributed by atoms with Gasteiger partial charge < -0.3 is 9.05 Å². The van der Waals surface area contributed by atoms with E-state index in [9.17, 15) is 0 Å². The van der Waals surface area contributed by atoms with E-state index in [1.807, 2.05) is 18.2 Å². The summed E-state index contributed by atoms with van der Waals surface area (Å²) in [6.45, 7) is 0. The highest BCUT2D eigenvalue weighted by Gasteiger charge is 2.22. The summed E-state index contributed by atoms with van der Waals surface area (Å²) in [5.41, 5.74) is 0. The Morgan fingerprint density at radius 3 is 2.73 bits per heavy atom. The zero-order valence-corrected chi connectivity index (χ0v) is 9.32. The first kappa shape index (κ1) is 7.84. The zero-order chi connectivity index (χ0) is 7.84. The van der Waals surface area contributed by atoms with Crippen LogP contribution in [0, 0.1) is 0 Å². The topological polar surface area (TPSA) is 18.5 Å². The molecule has 1 unspecified atom stereocenters. The zero-order valence-electron chi connectivity index (χ0n) is 5.25. The van der Waals surface area contributed by atoms with E-state index in [2.05, 4.69) is 31.4 Å². The van der Waals surface area contributed by atoms with E-state index in [0.717, 1.165) is 16.0 Å². The molecule has 5 heteroatoms. The first-order valence-electron chi connectivity index (χ1n) is 2.87. The molecular weight excluding hydrogens is 295 g/mol. The molecule has 0 N–H and O–H groups in total. The maximum absolute atomic E-state index is 5.32. The van der Waals surface area contributed by atoms with Crippen LogP contribution in [-0.2, 0) is 0 Å². The van der Waals surface area contributed by atoms with Gasteiger partial charge in [0, 0.05) is 20.0 Å². The molecule has 0 fully saturated rings. The molecule has 1 aliphatic heterocycles. The van der Waals surface area contributed by atoms with Crippen LogP contribution in [0.15, 0.2) is 22.7 Å². The molecule has 11 heavy (non-hydrogen) atoms. The molecule has 1 aromatic carbocycles. The van der Waals surface area contributed by atoms with Gasteiger partial charge in [0.1, 0.15) is 0 Å². The van der Waals surface area contributed by atoms with Crippen LogP contribution in [0.5, 0.6) is 11.5 Å². The average molecular weight is 298 g/mol. The van der Waals surface area contributed by atoms with Gasteiger partial charge in [-0.2, -0.15) is 0 Å². The average Bonchev–Trinajstić information content (AvgIpc) is 2.27. The Labute approximate surface area is 81.7 Å². The predicted octanol–water partition coefficient (Wildman–Crippen LogP) is 3.84. The van der Waals surface area contributed by atoms with Crippen LogP contribution >= 0.6 is 38.5 Å². The first-order chi connectivity index (χ1) is 5.25. The number of hydrogen-bond donors (Lipinski definition) is 0. The molecule has 1 aliphatic rings. The maximum Gasteiger partial charge on any atom is 0.368 e. The Kier molecular flexibility index (Phi) is 2.08. The highest BCUT2D eigenvalue weighted by molar-refractivity contribution is 9.38. The second kappa shape index (κ2) is 2.92. The standard InChI is InChI=1S/C6H3Br2O2P/c7-4-1-2-5-6(3-4)10-11(8)9-5/h1-3H. The fourth-order valence-electron chi connectivity index (χ4n) is 0.802. The van der Waals surface area contributed by atoms with Crippen LogP contribution in [0.4, 0.5) is 0 Å². The van der Waals surface area contributed by atoms with Crippen LogP contribution in [0.25, 0.3) is 0 Å². The number of halogens is 2. The molecule has 0 bridgehead atoms. The molecular formula is C6H3Br2O2P. The van der Waals surface area contributed by atoms with Crippen molar-refractivity contribution >= 4 is 38.5 Å². The Morgan fingerprint density at radius 2 is 1.91 bits per heavy atom. The van der Waals surface area contributed by atoms with Gasteiger partial charge >= 0.3 is 7.08 Å². The van der Waals surface area contributed by atoms with Gasteiger partial charge in [0.15, 0.2) is 11.5 Å². The van der Waals surface area contributed by atoms with Crippen molar-refractivity contribution in [2.45, 2.75) is 0 Å². The highest BCUT2D eigenvalue weighted by atomic mass is 79.9. The van der Waals surface area contributed by atoms with E-state index in [0.29, 0.717) is 0 Å². The third kappa shape index (κ3) is 1.53. The van der Waals surface area contributed by atoms with Crippen molar-refractivity contribution in [2.24, 2.45) is 0 Å². The van der Waals surface area contributed by atoms with Crippen molar-refractivity contribution in [1.82, 2.24) is 0 Å². The lowest BCUT2D eigenvalue weighted by Gasteiger charge is -1.94. The van der Waals surface area contributed by atoms with Crippen LogP contribution in [-0.4, -0.2) is 0 Å². The summed E-state index contributed by atoms with van der Waals surface area (Å²) >= 11 is 6.59. The normalized spacial score (nSPS) is 20.4. The molecule has 0 saturated heterocycles. The minimum Gasteiger partial charge on any atom is -0.427 e. The van der Waals surface area contributed by atoms with E-state index in [1.54, 1.807) is 0 Å². The molecule has 2 rings (SSSR count). The number of fused-ring (bicyclic) bond motifs is 1. The van der Waals surface area contributed by atoms with Gasteiger partial charge in [0.25, 0.3) is 0 Å². The predicted molar refractivity (Wildman–Crippen MR) is 51.2 cm³/mol. The molecule has 0 amide bonds. The largest absolute Gasteiger partial charge is 0.427 e. The van der Waals surface area contributed by atoms with Gasteiger partial charge in [-0.3, -0.25) is 0 Å². The van der Waals surface area contributed by atoms with E-state index >= 15 is 0 Å². The summed E-state index contributed by atoms with van der Waals surface area (Å²) in [5, 5.41) is 0. The summed E-state index contributed by atoms with van der Waals surface area (Å²) < 4.78 is 11.6. The van der Waals surface area contributed by atoms with E-state index in [-0.39, 0.29) is 0 Å². The monoisotopic (exact) mass is 296 g/mol. The summed E-state index contributed by atoms with van der Waals surface area (Å²) in [6.07, 6.45) is 0. The Hall–Kier alpha value is 0.210. The summed E-state index contributed by atoms with van der Waals surface area (Å²) in [7, 11) is -0.913. The molecule has 2 nitrogen and oxygen atoms in total. The molecule has 0 aromatic heterocycles. The van der Waals surface area contributed by atoms with Gasteiger partial charge in [-0.25, -0.2) is 0 Å². The van der Waals surface area contributed by atoms with Gasteiger partial charge in [0.05, 0.1) is 0 Å². The summed E-state index contributed by atoms with van der Waals surface area (Å²) in [5.74, 6) is 1.60. The third-order valence-electron chi connectivity index (χ3n) is 1.25. The Balaban J connectivity index is 2.43. The van der Waals surface area contributed by atoms with E-state index < -0.39 is 7.08 Å².